The van der Waals surface area contributed by atoms with E-state index in [4.69, 9.17) is 0 Å². The van der Waals surface area contributed by atoms with E-state index in [0.717, 1.165) is 16.6 Å². The van der Waals surface area contributed by atoms with Crippen molar-refractivity contribution < 1.29 is 5.11 Å². The second-order valence-corrected chi connectivity index (χ2v) is 5.71. The van der Waals surface area contributed by atoms with Crippen molar-refractivity contribution in [2.24, 2.45) is 0 Å². The van der Waals surface area contributed by atoms with Gasteiger partial charge in [-0.1, -0.05) is 18.2 Å². The third kappa shape index (κ3) is 3.09. The van der Waals surface area contributed by atoms with Gasteiger partial charge in [0.15, 0.2) is 0 Å². The summed E-state index contributed by atoms with van der Waals surface area (Å²) in [6.45, 7) is 2.85. The van der Waals surface area contributed by atoms with Crippen LogP contribution in [-0.4, -0.2) is 5.11 Å². The van der Waals surface area contributed by atoms with Crippen LogP contribution in [0.5, 0.6) is 5.75 Å². The van der Waals surface area contributed by atoms with Gasteiger partial charge in [-0.05, 0) is 40.4 Å². The van der Waals surface area contributed by atoms with Crippen LogP contribution in [0, 0.1) is 0 Å². The minimum Gasteiger partial charge on any atom is -0.508 e. The highest BCUT2D eigenvalue weighted by Crippen LogP contribution is 2.26. The largest absolute Gasteiger partial charge is 0.508 e. The van der Waals surface area contributed by atoms with Gasteiger partial charge in [-0.25, -0.2) is 0 Å². The molecule has 2 N–H and O–H groups in total. The first-order chi connectivity index (χ1) is 8.18. The molecule has 0 bridgehead atoms. The maximum absolute atomic E-state index is 9.75. The van der Waals surface area contributed by atoms with E-state index in [-0.39, 0.29) is 6.04 Å². The Kier molecular flexibility index (Phi) is 4.20. The van der Waals surface area contributed by atoms with E-state index in [1.165, 1.54) is 4.88 Å². The average molecular weight is 312 g/mol. The summed E-state index contributed by atoms with van der Waals surface area (Å²) < 4.78 is 1.14. The van der Waals surface area contributed by atoms with Crippen molar-refractivity contribution in [3.05, 3.63) is 50.6 Å². The van der Waals surface area contributed by atoms with Crippen LogP contribution < -0.4 is 5.32 Å². The van der Waals surface area contributed by atoms with Crippen molar-refractivity contribution in [1.29, 1.82) is 0 Å². The third-order valence-electron chi connectivity index (χ3n) is 2.66. The number of para-hydroxylation sites is 1. The molecule has 0 saturated carbocycles. The Bertz CT molecular complexity index is 498. The van der Waals surface area contributed by atoms with Crippen molar-refractivity contribution in [3.63, 3.8) is 0 Å². The number of halogens is 1. The summed E-state index contributed by atoms with van der Waals surface area (Å²) in [6, 6.07) is 9.61. The molecule has 0 radical (unpaired) electrons. The van der Waals surface area contributed by atoms with Gasteiger partial charge >= 0.3 is 0 Å². The molecule has 2 rings (SSSR count). The van der Waals surface area contributed by atoms with Crippen LogP contribution >= 0.6 is 27.3 Å². The molecule has 0 aliphatic heterocycles. The summed E-state index contributed by atoms with van der Waals surface area (Å²) >= 11 is 5.23. The lowest BCUT2D eigenvalue weighted by Gasteiger charge is -2.15. The normalized spacial score (nSPS) is 12.6. The summed E-state index contributed by atoms with van der Waals surface area (Å²) in [5.41, 5.74) is 0.931. The molecule has 1 aromatic carbocycles. The molecule has 0 aliphatic carbocycles. The maximum Gasteiger partial charge on any atom is 0.120 e. The Morgan fingerprint density at radius 3 is 2.76 bits per heavy atom. The van der Waals surface area contributed by atoms with E-state index < -0.39 is 0 Å². The summed E-state index contributed by atoms with van der Waals surface area (Å²) in [6.07, 6.45) is 0. The maximum atomic E-state index is 9.75. The van der Waals surface area contributed by atoms with Crippen LogP contribution in [0.25, 0.3) is 0 Å². The molecule has 4 heteroatoms. The smallest absolute Gasteiger partial charge is 0.120 e. The number of benzene rings is 1. The van der Waals surface area contributed by atoms with Crippen LogP contribution in [0.2, 0.25) is 0 Å². The van der Waals surface area contributed by atoms with Crippen LogP contribution in [0.1, 0.15) is 23.4 Å². The number of rotatable bonds is 4. The Hall–Kier alpha value is -0.840. The van der Waals surface area contributed by atoms with Gasteiger partial charge in [-0.15, -0.1) is 11.3 Å². The molecule has 1 atom stereocenters. The zero-order valence-electron chi connectivity index (χ0n) is 9.48. The SMILES string of the molecule is CC(NCc1sccc1Br)c1ccccc1O. The number of hydrogen-bond donors (Lipinski definition) is 2. The highest BCUT2D eigenvalue weighted by molar-refractivity contribution is 9.10. The van der Waals surface area contributed by atoms with Crippen LogP contribution in [-0.2, 0) is 6.54 Å². The molecule has 2 nitrogen and oxygen atoms in total. The fraction of sp³-hybridized carbons (Fsp3) is 0.231. The summed E-state index contributed by atoms with van der Waals surface area (Å²) in [7, 11) is 0. The second kappa shape index (κ2) is 5.67. The number of phenols is 1. The molecule has 1 heterocycles. The highest BCUT2D eigenvalue weighted by Gasteiger charge is 2.10. The Morgan fingerprint density at radius 1 is 1.35 bits per heavy atom. The number of hydrogen-bond acceptors (Lipinski definition) is 3. The van der Waals surface area contributed by atoms with E-state index in [0.29, 0.717) is 5.75 Å². The van der Waals surface area contributed by atoms with Crippen LogP contribution in [0.4, 0.5) is 0 Å². The molecule has 90 valence electrons. The lowest BCUT2D eigenvalue weighted by molar-refractivity contribution is 0.452. The van der Waals surface area contributed by atoms with Gasteiger partial charge in [-0.2, -0.15) is 0 Å². The molecule has 0 spiro atoms. The predicted molar refractivity (Wildman–Crippen MR) is 75.4 cm³/mol. The zero-order chi connectivity index (χ0) is 12.3. The van der Waals surface area contributed by atoms with Gasteiger partial charge in [-0.3, -0.25) is 0 Å². The second-order valence-electron chi connectivity index (χ2n) is 3.85. The van der Waals surface area contributed by atoms with Crippen molar-refractivity contribution in [3.8, 4) is 5.75 Å². The number of thiophene rings is 1. The molecule has 1 unspecified atom stereocenters. The Balaban J connectivity index is 2.01. The minimum atomic E-state index is 0.130. The highest BCUT2D eigenvalue weighted by atomic mass is 79.9. The predicted octanol–water partition coefficient (Wildman–Crippen LogP) is 4.07. The van der Waals surface area contributed by atoms with Crippen molar-refractivity contribution >= 4 is 27.3 Å². The van der Waals surface area contributed by atoms with Crippen LogP contribution in [0.15, 0.2) is 40.2 Å². The number of aromatic hydroxyl groups is 1. The van der Waals surface area contributed by atoms with Crippen LogP contribution in [0.3, 0.4) is 0 Å². The Morgan fingerprint density at radius 2 is 2.12 bits per heavy atom. The van der Waals surface area contributed by atoms with E-state index in [9.17, 15) is 5.11 Å². The van der Waals surface area contributed by atoms with E-state index in [1.54, 1.807) is 17.4 Å². The monoisotopic (exact) mass is 311 g/mol. The summed E-state index contributed by atoms with van der Waals surface area (Å²) in [5, 5.41) is 15.2. The van der Waals surface area contributed by atoms with Gasteiger partial charge in [0, 0.05) is 27.5 Å². The molecular weight excluding hydrogens is 298 g/mol. The number of phenolic OH excluding ortho intramolecular Hbond substituents is 1. The van der Waals surface area contributed by atoms with Crippen molar-refractivity contribution in [1.82, 2.24) is 5.32 Å². The first-order valence-electron chi connectivity index (χ1n) is 5.41. The Labute approximate surface area is 113 Å². The molecule has 17 heavy (non-hydrogen) atoms. The standard InChI is InChI=1S/C13H14BrNOS/c1-9(10-4-2-3-5-12(10)16)15-8-13-11(14)6-7-17-13/h2-7,9,15-16H,8H2,1H3. The van der Waals surface area contributed by atoms with E-state index in [1.807, 2.05) is 24.3 Å². The lowest BCUT2D eigenvalue weighted by Crippen LogP contribution is -2.17. The van der Waals surface area contributed by atoms with E-state index >= 15 is 0 Å². The molecule has 0 saturated heterocycles. The minimum absolute atomic E-state index is 0.130. The molecule has 0 fully saturated rings. The molecule has 0 aliphatic rings. The lowest BCUT2D eigenvalue weighted by atomic mass is 10.1. The van der Waals surface area contributed by atoms with Gasteiger partial charge < -0.3 is 10.4 Å². The molecule has 2 aromatic rings. The van der Waals surface area contributed by atoms with Gasteiger partial charge in [0.25, 0.3) is 0 Å². The van der Waals surface area contributed by atoms with Gasteiger partial charge in [0.1, 0.15) is 5.75 Å². The van der Waals surface area contributed by atoms with Crippen molar-refractivity contribution in [2.75, 3.05) is 0 Å². The third-order valence-corrected chi connectivity index (χ3v) is 4.59. The fourth-order valence-electron chi connectivity index (χ4n) is 1.66. The molecular formula is C13H14BrNOS. The van der Waals surface area contributed by atoms with Gasteiger partial charge in [0.2, 0.25) is 0 Å². The summed E-state index contributed by atoms with van der Waals surface area (Å²) in [5.74, 6) is 0.345. The quantitative estimate of drug-likeness (QED) is 0.892. The first kappa shape index (κ1) is 12.6. The first-order valence-corrected chi connectivity index (χ1v) is 7.09. The topological polar surface area (TPSA) is 32.3 Å². The fourth-order valence-corrected chi connectivity index (χ4v) is 3.10. The van der Waals surface area contributed by atoms with Gasteiger partial charge in [0.05, 0.1) is 0 Å². The summed E-state index contributed by atoms with van der Waals surface area (Å²) in [4.78, 5) is 1.27. The zero-order valence-corrected chi connectivity index (χ0v) is 11.9. The number of nitrogens with one attached hydrogen (secondary N) is 1. The van der Waals surface area contributed by atoms with E-state index in [2.05, 4.69) is 33.6 Å². The average Bonchev–Trinajstić information content (AvgIpc) is 2.72. The van der Waals surface area contributed by atoms with Crippen molar-refractivity contribution in [2.45, 2.75) is 19.5 Å². The molecule has 1 aromatic heterocycles. The molecule has 0 amide bonds.